The number of primary amides is 1. The molecule has 1 heterocycles. The van der Waals surface area contributed by atoms with E-state index in [0.717, 1.165) is 22.3 Å². The van der Waals surface area contributed by atoms with Gasteiger partial charge in [0.05, 0.1) is 23.2 Å². The van der Waals surface area contributed by atoms with Crippen LogP contribution >= 0.6 is 11.6 Å². The molecular formula is C21H16ClN3O2. The molecule has 6 heteroatoms. The number of ether oxygens (including phenoxy) is 1. The number of amides is 1. The molecule has 2 N–H and O–H groups in total. The van der Waals surface area contributed by atoms with Crippen LogP contribution in [0.5, 0.6) is 5.75 Å². The van der Waals surface area contributed by atoms with Crippen LogP contribution in [0.3, 0.4) is 0 Å². The summed E-state index contributed by atoms with van der Waals surface area (Å²) in [5, 5.41) is 0.619. The Morgan fingerprint density at radius 2 is 1.93 bits per heavy atom. The first-order valence-electron chi connectivity index (χ1n) is 8.28. The number of hydrogen-bond donors (Lipinski definition) is 1. The SMILES string of the molecule is COc1cccc(Cl)c1-c1cccc(-n2cnc3cc(C(N)=O)ccc32)c1. The normalized spacial score (nSPS) is 10.9. The van der Waals surface area contributed by atoms with E-state index in [9.17, 15) is 4.79 Å². The molecule has 134 valence electrons. The fourth-order valence-electron chi connectivity index (χ4n) is 3.14. The van der Waals surface area contributed by atoms with Crippen molar-refractivity contribution in [3.8, 4) is 22.6 Å². The summed E-state index contributed by atoms with van der Waals surface area (Å²) >= 11 is 6.42. The second kappa shape index (κ2) is 6.78. The lowest BCUT2D eigenvalue weighted by atomic mass is 10.0. The highest BCUT2D eigenvalue weighted by molar-refractivity contribution is 6.33. The maximum Gasteiger partial charge on any atom is 0.248 e. The van der Waals surface area contributed by atoms with Crippen LogP contribution in [-0.2, 0) is 0 Å². The van der Waals surface area contributed by atoms with Gasteiger partial charge in [-0.05, 0) is 48.0 Å². The maximum atomic E-state index is 11.4. The molecule has 0 saturated heterocycles. The molecule has 0 atom stereocenters. The molecule has 0 bridgehead atoms. The lowest BCUT2D eigenvalue weighted by Crippen LogP contribution is -2.10. The highest BCUT2D eigenvalue weighted by Gasteiger charge is 2.13. The molecule has 5 nitrogen and oxygen atoms in total. The minimum atomic E-state index is -0.473. The van der Waals surface area contributed by atoms with Gasteiger partial charge in [-0.1, -0.05) is 29.8 Å². The van der Waals surface area contributed by atoms with Gasteiger partial charge in [-0.2, -0.15) is 0 Å². The average molecular weight is 378 g/mol. The summed E-state index contributed by atoms with van der Waals surface area (Å²) in [6.45, 7) is 0. The number of benzene rings is 3. The Bertz CT molecular complexity index is 1170. The van der Waals surface area contributed by atoms with Gasteiger partial charge in [0.15, 0.2) is 0 Å². The molecule has 3 aromatic carbocycles. The molecule has 0 fully saturated rings. The largest absolute Gasteiger partial charge is 0.496 e. The highest BCUT2D eigenvalue weighted by atomic mass is 35.5. The Morgan fingerprint density at radius 3 is 2.70 bits per heavy atom. The Morgan fingerprint density at radius 1 is 1.11 bits per heavy atom. The van der Waals surface area contributed by atoms with Gasteiger partial charge in [0, 0.05) is 16.8 Å². The fourth-order valence-corrected chi connectivity index (χ4v) is 3.41. The number of rotatable bonds is 4. The van der Waals surface area contributed by atoms with Crippen LogP contribution in [0.1, 0.15) is 10.4 Å². The summed E-state index contributed by atoms with van der Waals surface area (Å²) in [4.78, 5) is 15.8. The standard InChI is InChI=1S/C21H16ClN3O2/c1-27-19-7-3-6-16(22)20(19)13-4-2-5-15(10-13)25-12-24-17-11-14(21(23)26)8-9-18(17)25/h2-12H,1H3,(H2,23,26). The third-order valence-electron chi connectivity index (χ3n) is 4.44. The Balaban J connectivity index is 1.85. The Kier molecular flexibility index (Phi) is 4.30. The fraction of sp³-hybridized carbons (Fsp3) is 0.0476. The van der Waals surface area contributed by atoms with E-state index in [-0.39, 0.29) is 0 Å². The minimum Gasteiger partial charge on any atom is -0.496 e. The van der Waals surface area contributed by atoms with E-state index in [4.69, 9.17) is 22.1 Å². The third kappa shape index (κ3) is 3.02. The van der Waals surface area contributed by atoms with Crippen LogP contribution in [0, 0.1) is 0 Å². The first kappa shape index (κ1) is 17.1. The quantitative estimate of drug-likeness (QED) is 0.571. The summed E-state index contributed by atoms with van der Waals surface area (Å²) in [5.41, 5.74) is 10.1. The first-order chi connectivity index (χ1) is 13.1. The molecule has 4 rings (SSSR count). The van der Waals surface area contributed by atoms with Crippen LogP contribution in [0.25, 0.3) is 27.8 Å². The van der Waals surface area contributed by atoms with Gasteiger partial charge in [-0.15, -0.1) is 0 Å². The molecule has 1 aromatic heterocycles. The number of carbonyl (C=O) groups excluding carboxylic acids is 1. The smallest absolute Gasteiger partial charge is 0.248 e. The molecule has 0 radical (unpaired) electrons. The van der Waals surface area contributed by atoms with Gasteiger partial charge in [-0.25, -0.2) is 4.98 Å². The molecule has 1 amide bonds. The minimum absolute atomic E-state index is 0.433. The van der Waals surface area contributed by atoms with Crippen molar-refractivity contribution >= 4 is 28.5 Å². The summed E-state index contributed by atoms with van der Waals surface area (Å²) in [5.74, 6) is 0.237. The molecule has 0 aliphatic heterocycles. The van der Waals surface area contributed by atoms with E-state index >= 15 is 0 Å². The van der Waals surface area contributed by atoms with Crippen LogP contribution in [-0.4, -0.2) is 22.6 Å². The molecule has 0 unspecified atom stereocenters. The van der Waals surface area contributed by atoms with Gasteiger partial charge < -0.3 is 10.5 Å². The van der Waals surface area contributed by atoms with E-state index in [1.54, 1.807) is 25.6 Å². The number of halogens is 1. The van der Waals surface area contributed by atoms with E-state index in [0.29, 0.717) is 21.9 Å². The monoisotopic (exact) mass is 377 g/mol. The molecule has 0 spiro atoms. The van der Waals surface area contributed by atoms with E-state index in [2.05, 4.69) is 4.98 Å². The van der Waals surface area contributed by atoms with E-state index in [1.165, 1.54) is 0 Å². The van der Waals surface area contributed by atoms with Crippen LogP contribution in [0.4, 0.5) is 0 Å². The average Bonchev–Trinajstić information content (AvgIpc) is 3.11. The number of carbonyl (C=O) groups is 1. The zero-order valence-electron chi connectivity index (χ0n) is 14.5. The number of nitrogens with two attached hydrogens (primary N) is 1. The van der Waals surface area contributed by atoms with Gasteiger partial charge in [0.25, 0.3) is 0 Å². The summed E-state index contributed by atoms with van der Waals surface area (Å²) in [6, 6.07) is 18.7. The molecule has 0 aliphatic rings. The Hall–Kier alpha value is -3.31. The highest BCUT2D eigenvalue weighted by Crippen LogP contribution is 2.37. The van der Waals surface area contributed by atoms with Gasteiger partial charge in [-0.3, -0.25) is 9.36 Å². The number of fused-ring (bicyclic) bond motifs is 1. The topological polar surface area (TPSA) is 70.1 Å². The van der Waals surface area contributed by atoms with Crippen molar-refractivity contribution in [3.05, 3.63) is 77.6 Å². The molecular weight excluding hydrogens is 362 g/mol. The molecule has 0 aliphatic carbocycles. The number of methoxy groups -OCH3 is 1. The predicted molar refractivity (Wildman–Crippen MR) is 107 cm³/mol. The molecule has 27 heavy (non-hydrogen) atoms. The van der Waals surface area contributed by atoms with Crippen molar-refractivity contribution < 1.29 is 9.53 Å². The van der Waals surface area contributed by atoms with Crippen molar-refractivity contribution in [1.29, 1.82) is 0 Å². The lowest BCUT2D eigenvalue weighted by molar-refractivity contribution is 0.100. The zero-order valence-corrected chi connectivity index (χ0v) is 15.3. The van der Waals surface area contributed by atoms with Crippen LogP contribution < -0.4 is 10.5 Å². The summed E-state index contributed by atoms with van der Waals surface area (Å²) in [6.07, 6.45) is 1.72. The van der Waals surface area contributed by atoms with Crippen molar-refractivity contribution in [1.82, 2.24) is 9.55 Å². The maximum absolute atomic E-state index is 11.4. The lowest BCUT2D eigenvalue weighted by Gasteiger charge is -2.12. The second-order valence-corrected chi connectivity index (χ2v) is 6.46. The van der Waals surface area contributed by atoms with Gasteiger partial charge in [0.1, 0.15) is 12.1 Å². The first-order valence-corrected chi connectivity index (χ1v) is 8.66. The number of hydrogen-bond acceptors (Lipinski definition) is 3. The van der Waals surface area contributed by atoms with Gasteiger partial charge in [0.2, 0.25) is 5.91 Å². The van der Waals surface area contributed by atoms with Crippen LogP contribution in [0.15, 0.2) is 67.0 Å². The summed E-state index contributed by atoms with van der Waals surface area (Å²) in [7, 11) is 1.62. The van der Waals surface area contributed by atoms with Crippen molar-refractivity contribution in [2.75, 3.05) is 7.11 Å². The van der Waals surface area contributed by atoms with Gasteiger partial charge >= 0.3 is 0 Å². The Labute approximate surface area is 161 Å². The number of imidazole rings is 1. The second-order valence-electron chi connectivity index (χ2n) is 6.05. The van der Waals surface area contributed by atoms with Crippen molar-refractivity contribution in [2.24, 2.45) is 5.73 Å². The van der Waals surface area contributed by atoms with Crippen molar-refractivity contribution in [3.63, 3.8) is 0 Å². The third-order valence-corrected chi connectivity index (χ3v) is 4.76. The van der Waals surface area contributed by atoms with E-state index < -0.39 is 5.91 Å². The van der Waals surface area contributed by atoms with Crippen molar-refractivity contribution in [2.45, 2.75) is 0 Å². The summed E-state index contributed by atoms with van der Waals surface area (Å²) < 4.78 is 7.42. The number of nitrogens with zero attached hydrogens (tertiary/aromatic N) is 2. The number of aromatic nitrogens is 2. The predicted octanol–water partition coefficient (Wildman–Crippen LogP) is 4.45. The molecule has 4 aromatic rings. The van der Waals surface area contributed by atoms with Crippen LogP contribution in [0.2, 0.25) is 5.02 Å². The molecule has 0 saturated carbocycles. The zero-order chi connectivity index (χ0) is 19.0. The van der Waals surface area contributed by atoms with E-state index in [1.807, 2.05) is 53.1 Å².